The third kappa shape index (κ3) is 4.19. The van der Waals surface area contributed by atoms with Crippen molar-refractivity contribution in [3.63, 3.8) is 0 Å². The number of amides is 1. The van der Waals surface area contributed by atoms with Crippen LogP contribution in [0.2, 0.25) is 0 Å². The number of aliphatic carboxylic acids is 1. The molecule has 6 nitrogen and oxygen atoms in total. The van der Waals surface area contributed by atoms with Gasteiger partial charge in [-0.25, -0.2) is 0 Å². The minimum Gasteiger partial charge on any atom is -0.481 e. The summed E-state index contributed by atoms with van der Waals surface area (Å²) in [5, 5.41) is 11.8. The number of pyridine rings is 1. The fourth-order valence-corrected chi connectivity index (χ4v) is 2.89. The van der Waals surface area contributed by atoms with Crippen LogP contribution in [-0.2, 0) is 11.2 Å². The van der Waals surface area contributed by atoms with Gasteiger partial charge in [-0.15, -0.1) is 0 Å². The second-order valence-corrected chi connectivity index (χ2v) is 6.38. The van der Waals surface area contributed by atoms with Gasteiger partial charge < -0.3 is 15.4 Å². The molecule has 0 spiro atoms. The second-order valence-electron chi connectivity index (χ2n) is 6.38. The number of H-pyrrole nitrogens is 1. The van der Waals surface area contributed by atoms with Crippen LogP contribution in [0.3, 0.4) is 0 Å². The summed E-state index contributed by atoms with van der Waals surface area (Å²) in [6.07, 6.45) is 2.38. The quantitative estimate of drug-likeness (QED) is 0.768. The van der Waals surface area contributed by atoms with Crippen LogP contribution in [0.4, 0.5) is 0 Å². The summed E-state index contributed by atoms with van der Waals surface area (Å²) < 4.78 is 0. The highest BCUT2D eigenvalue weighted by molar-refractivity contribution is 5.94. The van der Waals surface area contributed by atoms with Crippen molar-refractivity contribution in [2.75, 3.05) is 0 Å². The van der Waals surface area contributed by atoms with E-state index in [1.165, 1.54) is 6.07 Å². The molecule has 1 fully saturated rings. The van der Waals surface area contributed by atoms with Crippen LogP contribution in [0.1, 0.15) is 49.2 Å². The molecule has 1 aromatic heterocycles. The number of carboxylic acids is 1. The van der Waals surface area contributed by atoms with E-state index >= 15 is 0 Å². The lowest BCUT2D eigenvalue weighted by atomic mass is 10.1. The SMILES string of the molecule is CC(C)Cc1cc(C(=O)N[C@H]2CC[C@@H](C(=O)O)C2)cc(=O)[nH]1. The zero-order valence-electron chi connectivity index (χ0n) is 12.9. The number of carbonyl (C=O) groups excluding carboxylic acids is 1. The highest BCUT2D eigenvalue weighted by atomic mass is 16.4. The van der Waals surface area contributed by atoms with E-state index in [9.17, 15) is 14.4 Å². The number of hydrogen-bond acceptors (Lipinski definition) is 3. The lowest BCUT2D eigenvalue weighted by Crippen LogP contribution is -2.34. The maximum absolute atomic E-state index is 12.3. The van der Waals surface area contributed by atoms with Crippen LogP contribution >= 0.6 is 0 Å². The molecule has 2 rings (SSSR count). The van der Waals surface area contributed by atoms with Gasteiger partial charge in [-0.2, -0.15) is 0 Å². The number of aromatic amines is 1. The molecule has 1 saturated carbocycles. The van der Waals surface area contributed by atoms with Gasteiger partial charge in [0.25, 0.3) is 5.91 Å². The predicted molar refractivity (Wildman–Crippen MR) is 81.8 cm³/mol. The first-order chi connectivity index (χ1) is 10.3. The molecule has 120 valence electrons. The summed E-state index contributed by atoms with van der Waals surface area (Å²) in [6.45, 7) is 4.07. The summed E-state index contributed by atoms with van der Waals surface area (Å²) in [5.41, 5.74) is 0.777. The Bertz CT molecular complexity index is 621. The Labute approximate surface area is 128 Å². The number of rotatable bonds is 5. The third-order valence-electron chi connectivity index (χ3n) is 3.91. The largest absolute Gasteiger partial charge is 0.481 e. The van der Waals surface area contributed by atoms with Gasteiger partial charge >= 0.3 is 5.97 Å². The molecule has 1 amide bonds. The van der Waals surface area contributed by atoms with Crippen molar-refractivity contribution in [3.8, 4) is 0 Å². The molecule has 1 aromatic rings. The standard InChI is InChI=1S/C16H22N2O4/c1-9(2)5-13-7-11(8-14(19)17-13)15(20)18-12-4-3-10(6-12)16(21)22/h7-10,12H,3-6H2,1-2H3,(H,17,19)(H,18,20)(H,21,22)/t10-,12+/m1/s1. The van der Waals surface area contributed by atoms with E-state index < -0.39 is 5.97 Å². The minimum atomic E-state index is -0.813. The predicted octanol–water partition coefficient (Wildman–Crippen LogP) is 1.56. The monoisotopic (exact) mass is 306 g/mol. The summed E-state index contributed by atoms with van der Waals surface area (Å²) >= 11 is 0. The lowest BCUT2D eigenvalue weighted by Gasteiger charge is -2.13. The number of carboxylic acid groups (broad SMARTS) is 1. The fourth-order valence-electron chi connectivity index (χ4n) is 2.89. The van der Waals surface area contributed by atoms with E-state index in [0.717, 1.165) is 5.69 Å². The summed E-state index contributed by atoms with van der Waals surface area (Å²) in [5.74, 6) is -1.14. The van der Waals surface area contributed by atoms with Gasteiger partial charge in [0.1, 0.15) is 0 Å². The van der Waals surface area contributed by atoms with Gasteiger partial charge in [0, 0.05) is 23.4 Å². The van der Waals surface area contributed by atoms with Crippen molar-refractivity contribution in [2.24, 2.45) is 11.8 Å². The lowest BCUT2D eigenvalue weighted by molar-refractivity contribution is -0.141. The highest BCUT2D eigenvalue weighted by Crippen LogP contribution is 2.25. The summed E-state index contributed by atoms with van der Waals surface area (Å²) in [7, 11) is 0. The molecular formula is C16H22N2O4. The first-order valence-corrected chi connectivity index (χ1v) is 7.62. The Kier molecular flexibility index (Phi) is 5.00. The van der Waals surface area contributed by atoms with Gasteiger partial charge in [0.15, 0.2) is 0 Å². The van der Waals surface area contributed by atoms with Crippen molar-refractivity contribution in [1.82, 2.24) is 10.3 Å². The Morgan fingerprint density at radius 3 is 2.68 bits per heavy atom. The average Bonchev–Trinajstić information content (AvgIpc) is 2.85. The summed E-state index contributed by atoms with van der Waals surface area (Å²) in [4.78, 5) is 37.6. The van der Waals surface area contributed by atoms with Crippen LogP contribution < -0.4 is 10.9 Å². The molecule has 3 N–H and O–H groups in total. The zero-order chi connectivity index (χ0) is 16.3. The van der Waals surface area contributed by atoms with E-state index in [-0.39, 0.29) is 23.4 Å². The van der Waals surface area contributed by atoms with Crippen LogP contribution in [0.5, 0.6) is 0 Å². The first kappa shape index (κ1) is 16.3. The third-order valence-corrected chi connectivity index (χ3v) is 3.91. The number of carbonyl (C=O) groups is 2. The van der Waals surface area contributed by atoms with Gasteiger partial charge in [0.2, 0.25) is 5.56 Å². The van der Waals surface area contributed by atoms with Gasteiger partial charge in [-0.3, -0.25) is 14.4 Å². The van der Waals surface area contributed by atoms with E-state index in [1.54, 1.807) is 6.07 Å². The molecule has 1 aliphatic carbocycles. The number of nitrogens with one attached hydrogen (secondary N) is 2. The fraction of sp³-hybridized carbons (Fsp3) is 0.562. The highest BCUT2D eigenvalue weighted by Gasteiger charge is 2.30. The van der Waals surface area contributed by atoms with Gasteiger partial charge in [-0.1, -0.05) is 13.8 Å². The van der Waals surface area contributed by atoms with Crippen molar-refractivity contribution in [1.29, 1.82) is 0 Å². The molecular weight excluding hydrogens is 284 g/mol. The molecule has 0 bridgehead atoms. The maximum atomic E-state index is 12.3. The normalized spacial score (nSPS) is 21.0. The minimum absolute atomic E-state index is 0.138. The molecule has 0 aliphatic heterocycles. The summed E-state index contributed by atoms with van der Waals surface area (Å²) in [6, 6.07) is 2.84. The van der Waals surface area contributed by atoms with Crippen molar-refractivity contribution in [3.05, 3.63) is 33.7 Å². The molecule has 2 atom stereocenters. The molecule has 1 aliphatic rings. The number of hydrogen-bond donors (Lipinski definition) is 3. The molecule has 0 aromatic carbocycles. The molecule has 0 saturated heterocycles. The van der Waals surface area contributed by atoms with E-state index in [1.807, 2.05) is 13.8 Å². The topological polar surface area (TPSA) is 99.3 Å². The number of aromatic nitrogens is 1. The molecule has 0 radical (unpaired) electrons. The molecule has 22 heavy (non-hydrogen) atoms. The first-order valence-electron chi connectivity index (χ1n) is 7.62. The average molecular weight is 306 g/mol. The van der Waals surface area contributed by atoms with Gasteiger partial charge in [0.05, 0.1) is 5.92 Å². The van der Waals surface area contributed by atoms with Crippen molar-refractivity contribution < 1.29 is 14.7 Å². The Hall–Kier alpha value is -2.11. The maximum Gasteiger partial charge on any atom is 0.306 e. The van der Waals surface area contributed by atoms with Crippen molar-refractivity contribution in [2.45, 2.75) is 45.6 Å². The van der Waals surface area contributed by atoms with Gasteiger partial charge in [-0.05, 0) is 37.7 Å². The van der Waals surface area contributed by atoms with Crippen molar-refractivity contribution >= 4 is 11.9 Å². The Morgan fingerprint density at radius 2 is 2.09 bits per heavy atom. The van der Waals surface area contributed by atoms with Crippen LogP contribution in [0.15, 0.2) is 16.9 Å². The van der Waals surface area contributed by atoms with Crippen LogP contribution in [0, 0.1) is 11.8 Å². The molecule has 1 heterocycles. The smallest absolute Gasteiger partial charge is 0.306 e. The zero-order valence-corrected chi connectivity index (χ0v) is 12.9. The van der Waals surface area contributed by atoms with Crippen LogP contribution in [-0.4, -0.2) is 28.0 Å². The molecule has 6 heteroatoms. The Morgan fingerprint density at radius 1 is 1.36 bits per heavy atom. The van der Waals surface area contributed by atoms with Crippen LogP contribution in [0.25, 0.3) is 0 Å². The second kappa shape index (κ2) is 6.77. The molecule has 0 unspecified atom stereocenters. The van der Waals surface area contributed by atoms with E-state index in [0.29, 0.717) is 37.2 Å². The Balaban J connectivity index is 2.05. The van der Waals surface area contributed by atoms with E-state index in [2.05, 4.69) is 10.3 Å². The van der Waals surface area contributed by atoms with E-state index in [4.69, 9.17) is 5.11 Å².